The van der Waals surface area contributed by atoms with E-state index in [1.165, 1.54) is 24.3 Å². The van der Waals surface area contributed by atoms with Crippen molar-refractivity contribution in [3.8, 4) is 0 Å². The summed E-state index contributed by atoms with van der Waals surface area (Å²) in [6.07, 6.45) is 2.55. The van der Waals surface area contributed by atoms with Crippen molar-refractivity contribution in [1.82, 2.24) is 4.90 Å². The second kappa shape index (κ2) is 6.59. The van der Waals surface area contributed by atoms with Crippen LogP contribution >= 0.6 is 0 Å². The van der Waals surface area contributed by atoms with E-state index in [4.69, 9.17) is 5.11 Å². The highest BCUT2D eigenvalue weighted by Crippen LogP contribution is 2.08. The summed E-state index contributed by atoms with van der Waals surface area (Å²) >= 11 is 0. The highest BCUT2D eigenvalue weighted by molar-refractivity contribution is 5.96. The lowest BCUT2D eigenvalue weighted by Crippen LogP contribution is -2.31. The first-order valence-electron chi connectivity index (χ1n) is 5.83. The van der Waals surface area contributed by atoms with Crippen molar-refractivity contribution in [2.45, 2.75) is 13.3 Å². The van der Waals surface area contributed by atoms with Crippen LogP contribution in [0.5, 0.6) is 0 Å². The second-order valence-corrected chi connectivity index (χ2v) is 3.92. The fraction of sp³-hybridized carbons (Fsp3) is 0.286. The molecule has 0 saturated heterocycles. The molecule has 4 nitrogen and oxygen atoms in total. The number of nitrogens with zero attached hydrogens (tertiary/aromatic N) is 1. The van der Waals surface area contributed by atoms with Crippen molar-refractivity contribution < 1.29 is 14.7 Å². The Hall–Kier alpha value is -2.10. The van der Waals surface area contributed by atoms with Gasteiger partial charge in [-0.1, -0.05) is 13.0 Å². The van der Waals surface area contributed by atoms with Gasteiger partial charge >= 0.3 is 5.97 Å². The highest BCUT2D eigenvalue weighted by Gasteiger charge is 2.14. The minimum atomic E-state index is -0.995. The summed E-state index contributed by atoms with van der Waals surface area (Å²) in [5.41, 5.74) is 0.674. The van der Waals surface area contributed by atoms with Crippen LogP contribution in [0.15, 0.2) is 36.9 Å². The van der Waals surface area contributed by atoms with Crippen LogP contribution in [0.25, 0.3) is 0 Å². The Balaban J connectivity index is 2.87. The van der Waals surface area contributed by atoms with Crippen LogP contribution in [-0.4, -0.2) is 35.0 Å². The molecule has 0 aliphatic carbocycles. The normalized spacial score (nSPS) is 9.83. The molecule has 0 unspecified atom stereocenters. The summed E-state index contributed by atoms with van der Waals surface area (Å²) in [6, 6.07) is 5.95. The first-order chi connectivity index (χ1) is 8.60. The zero-order valence-electron chi connectivity index (χ0n) is 10.4. The summed E-state index contributed by atoms with van der Waals surface area (Å²) in [5.74, 6) is -1.10. The zero-order valence-corrected chi connectivity index (χ0v) is 10.4. The number of benzene rings is 1. The SMILES string of the molecule is C=CCN(CCC)C(=O)c1ccc(C(=O)O)cc1. The van der Waals surface area contributed by atoms with E-state index in [9.17, 15) is 9.59 Å². The monoisotopic (exact) mass is 247 g/mol. The Morgan fingerprint density at radius 3 is 2.28 bits per heavy atom. The Kier molecular flexibility index (Phi) is 5.11. The molecule has 0 radical (unpaired) electrons. The molecule has 96 valence electrons. The summed E-state index contributed by atoms with van der Waals surface area (Å²) in [5, 5.41) is 8.78. The van der Waals surface area contributed by atoms with Gasteiger partial charge in [0.05, 0.1) is 5.56 Å². The quantitative estimate of drug-likeness (QED) is 0.785. The summed E-state index contributed by atoms with van der Waals surface area (Å²) < 4.78 is 0. The third-order valence-corrected chi connectivity index (χ3v) is 2.51. The first kappa shape index (κ1) is 14.0. The topological polar surface area (TPSA) is 57.6 Å². The molecule has 0 saturated carbocycles. The highest BCUT2D eigenvalue weighted by atomic mass is 16.4. The van der Waals surface area contributed by atoms with Crippen LogP contribution in [0.2, 0.25) is 0 Å². The third-order valence-electron chi connectivity index (χ3n) is 2.51. The number of carbonyl (C=O) groups excluding carboxylic acids is 1. The average Bonchev–Trinajstić information content (AvgIpc) is 2.38. The van der Waals surface area contributed by atoms with Crippen molar-refractivity contribution >= 4 is 11.9 Å². The van der Waals surface area contributed by atoms with Gasteiger partial charge in [0.15, 0.2) is 0 Å². The van der Waals surface area contributed by atoms with Crippen LogP contribution in [0.1, 0.15) is 34.1 Å². The van der Waals surface area contributed by atoms with Crippen molar-refractivity contribution in [2.24, 2.45) is 0 Å². The van der Waals surface area contributed by atoms with Gasteiger partial charge in [0.1, 0.15) is 0 Å². The predicted octanol–water partition coefficient (Wildman–Crippen LogP) is 2.42. The molecular formula is C14H17NO3. The van der Waals surface area contributed by atoms with Crippen LogP contribution in [0.3, 0.4) is 0 Å². The maximum Gasteiger partial charge on any atom is 0.335 e. The average molecular weight is 247 g/mol. The maximum atomic E-state index is 12.1. The van der Waals surface area contributed by atoms with Gasteiger partial charge in [0.25, 0.3) is 5.91 Å². The Bertz CT molecular complexity index is 437. The molecule has 1 aromatic carbocycles. The van der Waals surface area contributed by atoms with Crippen molar-refractivity contribution in [1.29, 1.82) is 0 Å². The molecule has 0 heterocycles. The summed E-state index contributed by atoms with van der Waals surface area (Å²) in [6.45, 7) is 6.77. The fourth-order valence-corrected chi connectivity index (χ4v) is 1.64. The second-order valence-electron chi connectivity index (χ2n) is 3.92. The van der Waals surface area contributed by atoms with Crippen LogP contribution in [0, 0.1) is 0 Å². The number of amides is 1. The van der Waals surface area contributed by atoms with Gasteiger partial charge in [0, 0.05) is 18.7 Å². The van der Waals surface area contributed by atoms with Crippen molar-refractivity contribution in [2.75, 3.05) is 13.1 Å². The molecule has 1 amide bonds. The van der Waals surface area contributed by atoms with Gasteiger partial charge in [-0.2, -0.15) is 0 Å². The fourth-order valence-electron chi connectivity index (χ4n) is 1.64. The third kappa shape index (κ3) is 3.45. The number of rotatable bonds is 6. The van der Waals surface area contributed by atoms with E-state index >= 15 is 0 Å². The van der Waals surface area contributed by atoms with Gasteiger partial charge in [-0.05, 0) is 30.7 Å². The number of hydrogen-bond acceptors (Lipinski definition) is 2. The lowest BCUT2D eigenvalue weighted by molar-refractivity contribution is 0.0694. The van der Waals surface area contributed by atoms with E-state index in [-0.39, 0.29) is 11.5 Å². The Morgan fingerprint density at radius 2 is 1.83 bits per heavy atom. The minimum Gasteiger partial charge on any atom is -0.478 e. The molecule has 0 bridgehead atoms. The lowest BCUT2D eigenvalue weighted by Gasteiger charge is -2.20. The number of carbonyl (C=O) groups is 2. The van der Waals surface area contributed by atoms with E-state index in [1.54, 1.807) is 11.0 Å². The Labute approximate surface area is 107 Å². The Morgan fingerprint density at radius 1 is 1.28 bits per heavy atom. The summed E-state index contributed by atoms with van der Waals surface area (Å²) in [4.78, 5) is 24.5. The molecule has 0 fully saturated rings. The molecule has 18 heavy (non-hydrogen) atoms. The van der Waals surface area contributed by atoms with Crippen LogP contribution < -0.4 is 0 Å². The molecule has 0 aliphatic rings. The predicted molar refractivity (Wildman–Crippen MR) is 69.8 cm³/mol. The molecule has 0 spiro atoms. The van der Waals surface area contributed by atoms with Crippen molar-refractivity contribution in [3.05, 3.63) is 48.0 Å². The van der Waals surface area contributed by atoms with E-state index in [1.807, 2.05) is 6.92 Å². The molecule has 0 aromatic heterocycles. The molecule has 4 heteroatoms. The van der Waals surface area contributed by atoms with E-state index in [0.717, 1.165) is 6.42 Å². The lowest BCUT2D eigenvalue weighted by atomic mass is 10.1. The van der Waals surface area contributed by atoms with Crippen LogP contribution in [0.4, 0.5) is 0 Å². The summed E-state index contributed by atoms with van der Waals surface area (Å²) in [7, 11) is 0. The standard InChI is InChI=1S/C14H17NO3/c1-3-9-15(10-4-2)13(16)11-5-7-12(8-6-11)14(17)18/h3,5-8H,1,4,9-10H2,2H3,(H,17,18). The first-order valence-corrected chi connectivity index (χ1v) is 5.83. The van der Waals surface area contributed by atoms with E-state index < -0.39 is 5.97 Å². The van der Waals surface area contributed by atoms with Gasteiger partial charge in [-0.15, -0.1) is 6.58 Å². The number of carboxylic acid groups (broad SMARTS) is 1. The molecule has 0 aliphatic heterocycles. The smallest absolute Gasteiger partial charge is 0.335 e. The largest absolute Gasteiger partial charge is 0.478 e. The number of aromatic carboxylic acids is 1. The minimum absolute atomic E-state index is 0.103. The van der Waals surface area contributed by atoms with Crippen LogP contribution in [-0.2, 0) is 0 Å². The number of hydrogen-bond donors (Lipinski definition) is 1. The van der Waals surface area contributed by atoms with Gasteiger partial charge in [-0.3, -0.25) is 4.79 Å². The van der Waals surface area contributed by atoms with Gasteiger partial charge in [0.2, 0.25) is 0 Å². The van der Waals surface area contributed by atoms with Gasteiger partial charge in [-0.25, -0.2) is 4.79 Å². The maximum absolute atomic E-state index is 12.1. The molecule has 1 N–H and O–H groups in total. The van der Waals surface area contributed by atoms with E-state index in [0.29, 0.717) is 18.7 Å². The molecule has 1 rings (SSSR count). The van der Waals surface area contributed by atoms with Crippen molar-refractivity contribution in [3.63, 3.8) is 0 Å². The molecular weight excluding hydrogens is 230 g/mol. The van der Waals surface area contributed by atoms with Gasteiger partial charge < -0.3 is 10.0 Å². The molecule has 0 atom stereocenters. The number of carboxylic acids is 1. The van der Waals surface area contributed by atoms with E-state index in [2.05, 4.69) is 6.58 Å². The zero-order chi connectivity index (χ0) is 13.5. The molecule has 1 aromatic rings.